The van der Waals surface area contributed by atoms with Crippen LogP contribution in [0.25, 0.3) is 0 Å². The maximum absolute atomic E-state index is 12.8. The summed E-state index contributed by atoms with van der Waals surface area (Å²) in [5.74, 6) is -3.34. The van der Waals surface area contributed by atoms with Gasteiger partial charge in [-0.15, -0.1) is 0 Å². The van der Waals surface area contributed by atoms with Crippen LogP contribution in [0.1, 0.15) is 16.8 Å². The van der Waals surface area contributed by atoms with Crippen molar-refractivity contribution < 1.29 is 23.5 Å². The summed E-state index contributed by atoms with van der Waals surface area (Å²) in [5, 5.41) is -0.221. The minimum Gasteiger partial charge on any atom is -0.463 e. The molecule has 1 aromatic rings. The fourth-order valence-electron chi connectivity index (χ4n) is 1.10. The van der Waals surface area contributed by atoms with Crippen molar-refractivity contribution in [2.45, 2.75) is 6.42 Å². The molecule has 1 aromatic carbocycles. The average molecular weight is 259 g/mol. The average Bonchev–Trinajstić information content (AvgIpc) is 2.31. The lowest BCUT2D eigenvalue weighted by molar-refractivity contribution is -0.151. The van der Waals surface area contributed by atoms with Crippen LogP contribution in [0.3, 0.4) is 0 Å². The second-order valence-corrected chi connectivity index (χ2v) is 3.55. The molecule has 0 fully saturated rings. The van der Waals surface area contributed by atoms with Gasteiger partial charge in [0, 0.05) is 5.56 Å². The minimum absolute atomic E-state index is 0.0636. The van der Waals surface area contributed by atoms with Gasteiger partial charge in [-0.3, -0.25) is 9.59 Å². The van der Waals surface area contributed by atoms with E-state index in [9.17, 15) is 18.8 Å². The second-order valence-electron chi connectivity index (χ2n) is 3.14. The van der Waals surface area contributed by atoms with Crippen LogP contribution in [0, 0.1) is 5.82 Å². The Morgan fingerprint density at radius 3 is 2.53 bits per heavy atom. The van der Waals surface area contributed by atoms with E-state index in [1.165, 1.54) is 6.07 Å². The molecule has 0 spiro atoms. The Hall–Kier alpha value is -1.75. The molecule has 0 aromatic heterocycles. The summed E-state index contributed by atoms with van der Waals surface area (Å²) in [6, 6.07) is 3.30. The fraction of sp³-hybridized carbons (Fsp3) is 0.182. The van der Waals surface area contributed by atoms with Crippen LogP contribution < -0.4 is 0 Å². The highest BCUT2D eigenvalue weighted by molar-refractivity contribution is 6.38. The molecule has 0 saturated heterocycles. The number of rotatable bonds is 4. The van der Waals surface area contributed by atoms with E-state index in [0.717, 1.165) is 19.2 Å². The summed E-state index contributed by atoms with van der Waals surface area (Å²) in [6.07, 6.45) is -0.630. The molecule has 17 heavy (non-hydrogen) atoms. The molecule has 0 aliphatic rings. The third-order valence-corrected chi connectivity index (χ3v) is 2.27. The lowest BCUT2D eigenvalue weighted by Gasteiger charge is -2.01. The van der Waals surface area contributed by atoms with E-state index in [-0.39, 0.29) is 10.6 Å². The zero-order chi connectivity index (χ0) is 13.0. The third kappa shape index (κ3) is 3.35. The third-order valence-electron chi connectivity index (χ3n) is 1.98. The number of halogens is 2. The van der Waals surface area contributed by atoms with Gasteiger partial charge in [-0.1, -0.05) is 11.6 Å². The van der Waals surface area contributed by atoms with E-state index in [0.29, 0.717) is 0 Å². The lowest BCUT2D eigenvalue weighted by atomic mass is 10.1. The Kier molecular flexibility index (Phi) is 4.34. The van der Waals surface area contributed by atoms with Crippen molar-refractivity contribution in [3.05, 3.63) is 34.6 Å². The van der Waals surface area contributed by atoms with Crippen LogP contribution in [0.2, 0.25) is 5.02 Å². The molecule has 0 amide bonds. The Morgan fingerprint density at radius 1 is 1.35 bits per heavy atom. The summed E-state index contributed by atoms with van der Waals surface area (Å²) in [5.41, 5.74) is 0.0636. The van der Waals surface area contributed by atoms with Crippen LogP contribution in [0.15, 0.2) is 18.2 Å². The highest BCUT2D eigenvalue weighted by Gasteiger charge is 2.19. The number of ketones is 2. The Morgan fingerprint density at radius 2 is 2.00 bits per heavy atom. The number of carbonyl (C=O) groups is 3. The first kappa shape index (κ1) is 13.3. The number of benzene rings is 1. The summed E-state index contributed by atoms with van der Waals surface area (Å²) in [7, 11) is 1.04. The van der Waals surface area contributed by atoms with E-state index in [1.807, 2.05) is 0 Å². The maximum Gasteiger partial charge on any atom is 0.374 e. The molecule has 0 N–H and O–H groups in total. The molecular weight excluding hydrogens is 251 g/mol. The van der Waals surface area contributed by atoms with Gasteiger partial charge in [-0.2, -0.15) is 0 Å². The number of Topliss-reactive ketones (excluding diaryl/α,β-unsaturated/α-hetero) is 2. The number of hydrogen-bond donors (Lipinski definition) is 0. The van der Waals surface area contributed by atoms with Gasteiger partial charge in [0.1, 0.15) is 5.82 Å². The van der Waals surface area contributed by atoms with E-state index in [4.69, 9.17) is 11.6 Å². The Bertz CT molecular complexity index is 484. The van der Waals surface area contributed by atoms with Crippen molar-refractivity contribution in [3.63, 3.8) is 0 Å². The first-order valence-electron chi connectivity index (χ1n) is 4.55. The van der Waals surface area contributed by atoms with Crippen LogP contribution in [0.4, 0.5) is 4.39 Å². The van der Waals surface area contributed by atoms with Crippen molar-refractivity contribution in [1.82, 2.24) is 0 Å². The number of methoxy groups -OCH3 is 1. The molecule has 0 aliphatic carbocycles. The summed E-state index contributed by atoms with van der Waals surface area (Å²) < 4.78 is 17.0. The van der Waals surface area contributed by atoms with Gasteiger partial charge < -0.3 is 4.74 Å². The minimum atomic E-state index is -1.09. The number of esters is 1. The zero-order valence-electron chi connectivity index (χ0n) is 8.83. The quantitative estimate of drug-likeness (QED) is 0.358. The van der Waals surface area contributed by atoms with Crippen LogP contribution in [-0.4, -0.2) is 24.6 Å². The molecule has 0 heterocycles. The van der Waals surface area contributed by atoms with E-state index in [2.05, 4.69) is 4.74 Å². The highest BCUT2D eigenvalue weighted by atomic mass is 35.5. The van der Waals surface area contributed by atoms with Gasteiger partial charge >= 0.3 is 5.97 Å². The van der Waals surface area contributed by atoms with Gasteiger partial charge in [-0.25, -0.2) is 9.18 Å². The van der Waals surface area contributed by atoms with Crippen molar-refractivity contribution in [2.75, 3.05) is 7.11 Å². The number of carbonyl (C=O) groups excluding carboxylic acids is 3. The second kappa shape index (κ2) is 5.54. The van der Waals surface area contributed by atoms with Crippen LogP contribution in [0.5, 0.6) is 0 Å². The molecule has 6 heteroatoms. The summed E-state index contributed by atoms with van der Waals surface area (Å²) >= 11 is 5.48. The molecule has 0 aliphatic heterocycles. The lowest BCUT2D eigenvalue weighted by Crippen LogP contribution is -2.19. The van der Waals surface area contributed by atoms with Crippen LogP contribution >= 0.6 is 11.6 Å². The SMILES string of the molecule is COC(=O)C(=O)CC(=O)c1ccc(F)c(Cl)c1. The van der Waals surface area contributed by atoms with Crippen LogP contribution in [-0.2, 0) is 14.3 Å². The monoisotopic (exact) mass is 258 g/mol. The van der Waals surface area contributed by atoms with Gasteiger partial charge in [0.05, 0.1) is 18.6 Å². The summed E-state index contributed by atoms with van der Waals surface area (Å²) in [6.45, 7) is 0. The topological polar surface area (TPSA) is 60.4 Å². The molecule has 0 radical (unpaired) electrons. The summed E-state index contributed by atoms with van der Waals surface area (Å²) in [4.78, 5) is 33.4. The predicted molar refractivity (Wildman–Crippen MR) is 57.4 cm³/mol. The normalized spacial score (nSPS) is 9.82. The smallest absolute Gasteiger partial charge is 0.374 e. The molecule has 0 unspecified atom stereocenters. The number of ether oxygens (including phenoxy) is 1. The Labute approximate surface area is 101 Å². The molecule has 90 valence electrons. The molecule has 1 rings (SSSR count). The maximum atomic E-state index is 12.8. The Balaban J connectivity index is 2.80. The van der Waals surface area contributed by atoms with Crippen molar-refractivity contribution >= 4 is 29.1 Å². The zero-order valence-corrected chi connectivity index (χ0v) is 9.58. The van der Waals surface area contributed by atoms with Crippen molar-refractivity contribution in [2.24, 2.45) is 0 Å². The van der Waals surface area contributed by atoms with Crippen molar-refractivity contribution in [1.29, 1.82) is 0 Å². The van der Waals surface area contributed by atoms with Gasteiger partial charge in [0.15, 0.2) is 5.78 Å². The van der Waals surface area contributed by atoms with Gasteiger partial charge in [0.25, 0.3) is 0 Å². The molecule has 4 nitrogen and oxygen atoms in total. The standard InChI is InChI=1S/C11H8ClFO4/c1-17-11(16)10(15)5-9(14)6-2-3-8(13)7(12)4-6/h2-4H,5H2,1H3. The van der Waals surface area contributed by atoms with Gasteiger partial charge in [0.2, 0.25) is 5.78 Å². The molecule has 0 saturated carbocycles. The van der Waals surface area contributed by atoms with E-state index >= 15 is 0 Å². The molecule has 0 bridgehead atoms. The first-order valence-corrected chi connectivity index (χ1v) is 4.93. The number of hydrogen-bond acceptors (Lipinski definition) is 4. The van der Waals surface area contributed by atoms with Crippen molar-refractivity contribution in [3.8, 4) is 0 Å². The van der Waals surface area contributed by atoms with E-state index in [1.54, 1.807) is 0 Å². The highest BCUT2D eigenvalue weighted by Crippen LogP contribution is 2.17. The van der Waals surface area contributed by atoms with E-state index < -0.39 is 29.8 Å². The fourth-order valence-corrected chi connectivity index (χ4v) is 1.28. The predicted octanol–water partition coefficient (Wildman–Crippen LogP) is 1.79. The van der Waals surface area contributed by atoms with Gasteiger partial charge in [-0.05, 0) is 18.2 Å². The molecule has 0 atom stereocenters. The molecular formula is C11H8ClFO4. The first-order chi connectivity index (χ1) is 7.95. The largest absolute Gasteiger partial charge is 0.463 e.